The lowest BCUT2D eigenvalue weighted by Crippen LogP contribution is -2.43. The van der Waals surface area contributed by atoms with Crippen molar-refractivity contribution in [2.24, 2.45) is 0 Å². The van der Waals surface area contributed by atoms with E-state index in [0.29, 0.717) is 12.3 Å². The van der Waals surface area contributed by atoms with Gasteiger partial charge in [-0.3, -0.25) is 4.79 Å². The fraction of sp³-hybridized carbons (Fsp3) is 0.636. The number of hydrogen-bond donors (Lipinski definition) is 1. The fourth-order valence-electron chi connectivity index (χ4n) is 1.14. The number of nitrogens with one attached hydrogen (secondary N) is 1. The van der Waals surface area contributed by atoms with Gasteiger partial charge in [-0.1, -0.05) is 6.92 Å². The lowest BCUT2D eigenvalue weighted by molar-refractivity contribution is -0.122. The Morgan fingerprint density at radius 1 is 1.62 bits per heavy atom. The Kier molecular flexibility index (Phi) is 4.74. The molecule has 1 aromatic rings. The van der Waals surface area contributed by atoms with E-state index in [-0.39, 0.29) is 11.4 Å². The van der Waals surface area contributed by atoms with Gasteiger partial charge in [-0.2, -0.15) is 0 Å². The monoisotopic (exact) mass is 260 g/mol. The normalized spacial score (nSPS) is 11.5. The maximum absolute atomic E-state index is 11.7. The molecule has 90 valence electrons. The summed E-state index contributed by atoms with van der Waals surface area (Å²) in [6, 6.07) is 0. The fourth-order valence-corrected chi connectivity index (χ4v) is 2.16. The molecule has 0 aliphatic rings. The predicted molar refractivity (Wildman–Crippen MR) is 67.9 cm³/mol. The van der Waals surface area contributed by atoms with E-state index in [4.69, 9.17) is 11.6 Å². The first-order chi connectivity index (χ1) is 7.46. The molecule has 0 spiro atoms. The minimum absolute atomic E-state index is 0.0160. The molecule has 0 atom stereocenters. The van der Waals surface area contributed by atoms with Gasteiger partial charge in [-0.05, 0) is 20.3 Å². The van der Waals surface area contributed by atoms with Crippen LogP contribution in [0.5, 0.6) is 0 Å². The van der Waals surface area contributed by atoms with Crippen molar-refractivity contribution in [3.63, 3.8) is 0 Å². The largest absolute Gasteiger partial charge is 0.351 e. The first-order valence-electron chi connectivity index (χ1n) is 5.27. The lowest BCUT2D eigenvalue weighted by atomic mass is 10.0. The average Bonchev–Trinajstić information content (AvgIpc) is 2.64. The van der Waals surface area contributed by atoms with Gasteiger partial charge in [-0.15, -0.1) is 22.9 Å². The molecule has 1 aromatic heterocycles. The number of halogens is 1. The van der Waals surface area contributed by atoms with Crippen LogP contribution in [-0.4, -0.2) is 16.4 Å². The van der Waals surface area contributed by atoms with E-state index in [9.17, 15) is 4.79 Å². The summed E-state index contributed by atoms with van der Waals surface area (Å²) in [5.41, 5.74) is 0.688. The molecule has 16 heavy (non-hydrogen) atoms. The van der Waals surface area contributed by atoms with Crippen LogP contribution < -0.4 is 5.32 Å². The highest BCUT2D eigenvalue weighted by molar-refractivity contribution is 7.09. The molecule has 0 saturated carbocycles. The molecular weight excluding hydrogens is 244 g/mol. The predicted octanol–water partition coefficient (Wildman–Crippen LogP) is 2.73. The Labute approximate surface area is 105 Å². The summed E-state index contributed by atoms with van der Waals surface area (Å²) in [6.45, 7) is 6.07. The molecule has 0 aliphatic carbocycles. The third-order valence-electron chi connectivity index (χ3n) is 2.41. The van der Waals surface area contributed by atoms with Crippen molar-refractivity contribution >= 4 is 28.8 Å². The minimum atomic E-state index is -0.149. The molecule has 1 amide bonds. The van der Waals surface area contributed by atoms with Gasteiger partial charge in [0.1, 0.15) is 5.01 Å². The van der Waals surface area contributed by atoms with Crippen molar-refractivity contribution < 1.29 is 4.79 Å². The molecule has 5 heteroatoms. The van der Waals surface area contributed by atoms with Gasteiger partial charge in [0.2, 0.25) is 5.91 Å². The summed E-state index contributed by atoms with van der Waals surface area (Å²) in [5.74, 6) is 0.417. The zero-order chi connectivity index (χ0) is 12.2. The number of nitrogens with zero attached hydrogens (tertiary/aromatic N) is 1. The molecule has 0 unspecified atom stereocenters. The Hall–Kier alpha value is -0.610. The number of hydrogen-bond acceptors (Lipinski definition) is 3. The van der Waals surface area contributed by atoms with Crippen LogP contribution in [0.15, 0.2) is 5.38 Å². The Balaban J connectivity index is 2.51. The van der Waals surface area contributed by atoms with Gasteiger partial charge < -0.3 is 5.32 Å². The topological polar surface area (TPSA) is 42.0 Å². The number of carbonyl (C=O) groups is 1. The average molecular weight is 261 g/mol. The van der Waals surface area contributed by atoms with Crippen molar-refractivity contribution in [1.29, 1.82) is 0 Å². The van der Waals surface area contributed by atoms with E-state index in [0.717, 1.165) is 17.1 Å². The van der Waals surface area contributed by atoms with Crippen LogP contribution in [0.25, 0.3) is 0 Å². The summed E-state index contributed by atoms with van der Waals surface area (Å²) in [6.07, 6.45) is 1.24. The smallest absolute Gasteiger partial charge is 0.227 e. The summed E-state index contributed by atoms with van der Waals surface area (Å²) >= 11 is 7.13. The molecule has 1 rings (SSSR count). The van der Waals surface area contributed by atoms with Crippen molar-refractivity contribution in [2.45, 2.75) is 45.0 Å². The number of alkyl halides is 1. The number of aromatic nitrogens is 1. The van der Waals surface area contributed by atoms with Gasteiger partial charge in [0, 0.05) is 10.9 Å². The Morgan fingerprint density at radius 2 is 2.31 bits per heavy atom. The van der Waals surface area contributed by atoms with E-state index >= 15 is 0 Å². The Bertz CT molecular complexity index is 363. The number of thiazole rings is 1. The second-order valence-corrected chi connectivity index (χ2v) is 5.54. The molecule has 0 aromatic carbocycles. The van der Waals surface area contributed by atoms with Gasteiger partial charge >= 0.3 is 0 Å². The Morgan fingerprint density at radius 3 is 2.81 bits per heavy atom. The van der Waals surface area contributed by atoms with Crippen LogP contribution in [0.1, 0.15) is 37.9 Å². The molecule has 0 saturated heterocycles. The van der Waals surface area contributed by atoms with Gasteiger partial charge in [0.15, 0.2) is 0 Å². The molecule has 3 nitrogen and oxygen atoms in total. The van der Waals surface area contributed by atoms with Crippen molar-refractivity contribution in [2.75, 3.05) is 0 Å². The highest BCUT2D eigenvalue weighted by Gasteiger charge is 2.18. The standard InChI is InChI=1S/C11H17ClN2OS/c1-4-11(2,3)14-9(15)5-10-13-8(6-12)7-16-10/h7H,4-6H2,1-3H3,(H,14,15). The molecular formula is C11H17ClN2OS. The highest BCUT2D eigenvalue weighted by Crippen LogP contribution is 2.13. The van der Waals surface area contributed by atoms with Crippen LogP contribution in [0, 0.1) is 0 Å². The molecule has 0 aliphatic heterocycles. The number of rotatable bonds is 5. The highest BCUT2D eigenvalue weighted by atomic mass is 35.5. The van der Waals surface area contributed by atoms with Gasteiger partial charge in [0.25, 0.3) is 0 Å². The molecule has 0 radical (unpaired) electrons. The van der Waals surface area contributed by atoms with Crippen molar-refractivity contribution in [3.05, 3.63) is 16.1 Å². The summed E-state index contributed by atoms with van der Waals surface area (Å²) in [7, 11) is 0. The number of carbonyl (C=O) groups excluding carboxylic acids is 1. The van der Waals surface area contributed by atoms with E-state index in [2.05, 4.69) is 17.2 Å². The molecule has 0 fully saturated rings. The quantitative estimate of drug-likeness (QED) is 0.828. The van der Waals surface area contributed by atoms with Crippen LogP contribution >= 0.6 is 22.9 Å². The van der Waals surface area contributed by atoms with Crippen molar-refractivity contribution in [1.82, 2.24) is 10.3 Å². The maximum Gasteiger partial charge on any atom is 0.227 e. The maximum atomic E-state index is 11.7. The van der Waals surface area contributed by atoms with Gasteiger partial charge in [-0.25, -0.2) is 4.98 Å². The zero-order valence-electron chi connectivity index (χ0n) is 9.84. The van der Waals surface area contributed by atoms with Gasteiger partial charge in [0.05, 0.1) is 18.0 Å². The van der Waals surface area contributed by atoms with Crippen LogP contribution in [0.4, 0.5) is 0 Å². The van der Waals surface area contributed by atoms with E-state index in [1.165, 1.54) is 11.3 Å². The third kappa shape index (κ3) is 4.10. The lowest BCUT2D eigenvalue weighted by Gasteiger charge is -2.24. The van der Waals surface area contributed by atoms with E-state index < -0.39 is 0 Å². The second kappa shape index (κ2) is 5.64. The first kappa shape index (κ1) is 13.5. The van der Waals surface area contributed by atoms with Crippen LogP contribution in [-0.2, 0) is 17.1 Å². The zero-order valence-corrected chi connectivity index (χ0v) is 11.4. The summed E-state index contributed by atoms with van der Waals surface area (Å²) < 4.78 is 0. The third-order valence-corrected chi connectivity index (χ3v) is 3.58. The SMILES string of the molecule is CCC(C)(C)NC(=O)Cc1nc(CCl)cs1. The van der Waals surface area contributed by atoms with Crippen LogP contribution in [0.2, 0.25) is 0 Å². The summed E-state index contributed by atoms with van der Waals surface area (Å²) in [4.78, 5) is 16.0. The van der Waals surface area contributed by atoms with Crippen molar-refractivity contribution in [3.8, 4) is 0 Å². The summed E-state index contributed by atoms with van der Waals surface area (Å²) in [5, 5.41) is 5.69. The number of amides is 1. The van der Waals surface area contributed by atoms with E-state index in [1.54, 1.807) is 0 Å². The second-order valence-electron chi connectivity index (χ2n) is 4.33. The minimum Gasteiger partial charge on any atom is -0.351 e. The van der Waals surface area contributed by atoms with E-state index in [1.807, 2.05) is 19.2 Å². The molecule has 1 N–H and O–H groups in total. The molecule has 1 heterocycles. The molecule has 0 bridgehead atoms. The first-order valence-corrected chi connectivity index (χ1v) is 6.68. The van der Waals surface area contributed by atoms with Crippen LogP contribution in [0.3, 0.4) is 0 Å².